The Morgan fingerprint density at radius 3 is 2.52 bits per heavy atom. The van der Waals surface area contributed by atoms with E-state index >= 15 is 0 Å². The van der Waals surface area contributed by atoms with Crippen molar-refractivity contribution in [2.75, 3.05) is 5.32 Å². The van der Waals surface area contributed by atoms with E-state index in [-0.39, 0.29) is 30.1 Å². The van der Waals surface area contributed by atoms with Crippen LogP contribution in [-0.4, -0.2) is 17.7 Å². The number of imide groups is 1. The second kappa shape index (κ2) is 6.62. The number of rotatable bonds is 5. The summed E-state index contributed by atoms with van der Waals surface area (Å²) in [5.41, 5.74) is 1.80. The molecule has 2 N–H and O–H groups in total. The lowest BCUT2D eigenvalue weighted by molar-refractivity contribution is -0.125. The Balaban J connectivity index is 1.29. The second-order valence-corrected chi connectivity index (χ2v) is 7.90. The molecule has 4 rings (SSSR count). The number of hydrogen-bond acceptors (Lipinski definition) is 3. The fourth-order valence-electron chi connectivity index (χ4n) is 4.86. The monoisotopic (exact) mass is 340 g/mol. The molecule has 3 aliphatic rings. The van der Waals surface area contributed by atoms with Gasteiger partial charge in [-0.3, -0.25) is 19.7 Å². The number of benzene rings is 1. The van der Waals surface area contributed by atoms with E-state index in [1.165, 1.54) is 25.7 Å². The van der Waals surface area contributed by atoms with Gasteiger partial charge in [-0.25, -0.2) is 0 Å². The molecule has 5 nitrogen and oxygen atoms in total. The summed E-state index contributed by atoms with van der Waals surface area (Å²) in [4.78, 5) is 35.2. The zero-order valence-corrected chi connectivity index (χ0v) is 14.3. The first kappa shape index (κ1) is 16.3. The van der Waals surface area contributed by atoms with E-state index in [0.29, 0.717) is 18.8 Å². The topological polar surface area (TPSA) is 75.3 Å². The highest BCUT2D eigenvalue weighted by atomic mass is 16.2. The molecule has 1 aliphatic heterocycles. The molecule has 1 saturated heterocycles. The lowest BCUT2D eigenvalue weighted by Gasteiger charge is -2.20. The number of hydrogen-bond donors (Lipinski definition) is 2. The van der Waals surface area contributed by atoms with Crippen molar-refractivity contribution in [2.24, 2.45) is 23.7 Å². The van der Waals surface area contributed by atoms with Crippen LogP contribution in [0.2, 0.25) is 0 Å². The summed E-state index contributed by atoms with van der Waals surface area (Å²) in [6, 6.07) is 7.60. The molecular weight excluding hydrogens is 316 g/mol. The molecule has 0 unspecified atom stereocenters. The Hall–Kier alpha value is -2.17. The highest BCUT2D eigenvalue weighted by Crippen LogP contribution is 2.49. The van der Waals surface area contributed by atoms with Crippen LogP contribution >= 0.6 is 0 Å². The molecular formula is C20H24N2O3. The number of amides is 3. The van der Waals surface area contributed by atoms with Gasteiger partial charge in [0.2, 0.25) is 17.7 Å². The highest BCUT2D eigenvalue weighted by molar-refractivity contribution is 6.03. The predicted octanol–water partition coefficient (Wildman–Crippen LogP) is 2.66. The van der Waals surface area contributed by atoms with E-state index in [1.54, 1.807) is 0 Å². The molecule has 5 heteroatoms. The van der Waals surface area contributed by atoms with Gasteiger partial charge in [0.15, 0.2) is 0 Å². The summed E-state index contributed by atoms with van der Waals surface area (Å²) in [5, 5.41) is 5.33. The average Bonchev–Trinajstić information content (AvgIpc) is 3.26. The molecule has 1 heterocycles. The molecule has 3 amide bonds. The molecule has 25 heavy (non-hydrogen) atoms. The van der Waals surface area contributed by atoms with Crippen LogP contribution < -0.4 is 10.6 Å². The number of nitrogens with one attached hydrogen (secondary N) is 2. The molecule has 0 aromatic heterocycles. The molecule has 2 saturated carbocycles. The number of carbonyl (C=O) groups excluding carboxylic acids is 3. The van der Waals surface area contributed by atoms with Gasteiger partial charge < -0.3 is 5.32 Å². The smallest absolute Gasteiger partial charge is 0.230 e. The molecule has 132 valence electrons. The van der Waals surface area contributed by atoms with Crippen molar-refractivity contribution in [3.8, 4) is 0 Å². The second-order valence-electron chi connectivity index (χ2n) is 7.90. The van der Waals surface area contributed by atoms with E-state index in [1.807, 2.05) is 24.3 Å². The van der Waals surface area contributed by atoms with Crippen LogP contribution in [0.4, 0.5) is 5.69 Å². The minimum atomic E-state index is -0.272. The van der Waals surface area contributed by atoms with E-state index in [9.17, 15) is 14.4 Å². The summed E-state index contributed by atoms with van der Waals surface area (Å²) in [6.07, 6.45) is 6.65. The molecule has 1 aromatic rings. The Labute approximate surface area is 147 Å². The molecule has 2 aliphatic carbocycles. The zero-order chi connectivity index (χ0) is 17.4. The van der Waals surface area contributed by atoms with Crippen molar-refractivity contribution in [1.82, 2.24) is 5.32 Å². The summed E-state index contributed by atoms with van der Waals surface area (Å²) in [5.74, 6) is 1.64. The van der Waals surface area contributed by atoms with Gasteiger partial charge >= 0.3 is 0 Å². The van der Waals surface area contributed by atoms with Gasteiger partial charge in [0.05, 0.1) is 5.92 Å². The average molecular weight is 340 g/mol. The largest absolute Gasteiger partial charge is 0.326 e. The van der Waals surface area contributed by atoms with E-state index < -0.39 is 0 Å². The first-order chi connectivity index (χ1) is 12.1. The summed E-state index contributed by atoms with van der Waals surface area (Å²) in [7, 11) is 0. The standard InChI is InChI=1S/C20H24N2O3/c23-18(10-15-9-13-1-4-14(15)8-13)21-17-5-2-12(3-6-17)7-16-11-19(24)22-20(16)25/h2-3,5-6,13-16H,1,4,7-11H2,(H,21,23)(H,22,24,25)/t13-,14-,15+,16+/m0/s1. The third-order valence-corrected chi connectivity index (χ3v) is 6.12. The van der Waals surface area contributed by atoms with Crippen LogP contribution in [0.1, 0.15) is 44.1 Å². The van der Waals surface area contributed by atoms with Crippen LogP contribution in [0.5, 0.6) is 0 Å². The van der Waals surface area contributed by atoms with Crippen molar-refractivity contribution in [3.05, 3.63) is 29.8 Å². The van der Waals surface area contributed by atoms with Crippen molar-refractivity contribution < 1.29 is 14.4 Å². The van der Waals surface area contributed by atoms with Gasteiger partial charge in [0.1, 0.15) is 0 Å². The Kier molecular flexibility index (Phi) is 4.32. The van der Waals surface area contributed by atoms with E-state index in [4.69, 9.17) is 0 Å². The van der Waals surface area contributed by atoms with Gasteiger partial charge in [0.25, 0.3) is 0 Å². The van der Waals surface area contributed by atoms with Crippen LogP contribution in [-0.2, 0) is 20.8 Å². The van der Waals surface area contributed by atoms with Gasteiger partial charge in [-0.1, -0.05) is 18.6 Å². The molecule has 0 radical (unpaired) electrons. The van der Waals surface area contributed by atoms with Crippen molar-refractivity contribution in [2.45, 2.75) is 44.9 Å². The van der Waals surface area contributed by atoms with E-state index in [0.717, 1.165) is 23.1 Å². The van der Waals surface area contributed by atoms with Gasteiger partial charge in [-0.2, -0.15) is 0 Å². The Morgan fingerprint density at radius 1 is 1.12 bits per heavy atom. The van der Waals surface area contributed by atoms with Crippen molar-refractivity contribution >= 4 is 23.4 Å². The van der Waals surface area contributed by atoms with Gasteiger partial charge in [-0.05, 0) is 61.1 Å². The molecule has 1 aromatic carbocycles. The van der Waals surface area contributed by atoms with Gasteiger partial charge in [0, 0.05) is 18.5 Å². The Morgan fingerprint density at radius 2 is 1.92 bits per heavy atom. The fraction of sp³-hybridized carbons (Fsp3) is 0.550. The highest BCUT2D eigenvalue weighted by Gasteiger charge is 2.40. The predicted molar refractivity (Wildman–Crippen MR) is 93.6 cm³/mol. The van der Waals surface area contributed by atoms with Crippen LogP contribution in [0.25, 0.3) is 0 Å². The third kappa shape index (κ3) is 3.60. The quantitative estimate of drug-likeness (QED) is 0.809. The summed E-state index contributed by atoms with van der Waals surface area (Å²) < 4.78 is 0. The zero-order valence-electron chi connectivity index (χ0n) is 14.3. The van der Waals surface area contributed by atoms with Crippen LogP contribution in [0.15, 0.2) is 24.3 Å². The Bertz CT molecular complexity index is 697. The van der Waals surface area contributed by atoms with Crippen molar-refractivity contribution in [3.63, 3.8) is 0 Å². The maximum atomic E-state index is 12.3. The third-order valence-electron chi connectivity index (χ3n) is 6.12. The fourth-order valence-corrected chi connectivity index (χ4v) is 4.86. The first-order valence-electron chi connectivity index (χ1n) is 9.29. The lowest BCUT2D eigenvalue weighted by Crippen LogP contribution is -2.22. The minimum Gasteiger partial charge on any atom is -0.326 e. The first-order valence-corrected chi connectivity index (χ1v) is 9.29. The molecule has 2 bridgehead atoms. The molecule has 0 spiro atoms. The molecule has 4 atom stereocenters. The lowest BCUT2D eigenvalue weighted by atomic mass is 9.86. The SMILES string of the molecule is O=C1C[C@@H](Cc2ccc(NC(=O)C[C@H]3C[C@H]4CC[C@H]3C4)cc2)C(=O)N1. The number of fused-ring (bicyclic) bond motifs is 2. The molecule has 3 fully saturated rings. The maximum absolute atomic E-state index is 12.3. The normalized spacial score (nSPS) is 30.6. The number of anilines is 1. The van der Waals surface area contributed by atoms with Crippen LogP contribution in [0.3, 0.4) is 0 Å². The van der Waals surface area contributed by atoms with Crippen LogP contribution in [0, 0.1) is 23.7 Å². The van der Waals surface area contributed by atoms with Gasteiger partial charge in [-0.15, -0.1) is 0 Å². The summed E-state index contributed by atoms with van der Waals surface area (Å²) in [6.45, 7) is 0. The van der Waals surface area contributed by atoms with Crippen molar-refractivity contribution in [1.29, 1.82) is 0 Å². The maximum Gasteiger partial charge on any atom is 0.230 e. The van der Waals surface area contributed by atoms with E-state index in [2.05, 4.69) is 10.6 Å². The summed E-state index contributed by atoms with van der Waals surface area (Å²) >= 11 is 0. The minimum absolute atomic E-state index is 0.103. The number of carbonyl (C=O) groups is 3.